The standard InChI is InChI=1S/C10H12BN4O/c1-11-10-4-2-3-8(12-10)9-7-15(5-6-16)14-13-9/h2-4,7,16H,5-6H2,1H3. The lowest BCUT2D eigenvalue weighted by Gasteiger charge is -1.98. The van der Waals surface area contributed by atoms with Gasteiger partial charge in [-0.3, -0.25) is 4.98 Å². The molecule has 0 spiro atoms. The maximum absolute atomic E-state index is 8.77. The summed E-state index contributed by atoms with van der Waals surface area (Å²) in [4.78, 5) is 4.40. The van der Waals surface area contributed by atoms with E-state index < -0.39 is 0 Å². The Hall–Kier alpha value is -1.69. The Balaban J connectivity index is 2.27. The van der Waals surface area contributed by atoms with Crippen LogP contribution in [0, 0.1) is 0 Å². The quantitative estimate of drug-likeness (QED) is 0.711. The van der Waals surface area contributed by atoms with Crippen molar-refractivity contribution in [3.8, 4) is 11.4 Å². The number of aliphatic hydroxyl groups is 1. The van der Waals surface area contributed by atoms with Crippen molar-refractivity contribution < 1.29 is 5.11 Å². The van der Waals surface area contributed by atoms with Gasteiger partial charge >= 0.3 is 0 Å². The largest absolute Gasteiger partial charge is 0.394 e. The van der Waals surface area contributed by atoms with Gasteiger partial charge in [0, 0.05) is 0 Å². The Morgan fingerprint density at radius 2 is 2.25 bits per heavy atom. The minimum absolute atomic E-state index is 0.0546. The van der Waals surface area contributed by atoms with Gasteiger partial charge in [0.15, 0.2) is 7.28 Å². The van der Waals surface area contributed by atoms with Crippen LogP contribution >= 0.6 is 0 Å². The molecule has 0 saturated carbocycles. The average molecular weight is 215 g/mol. The SMILES string of the molecule is C[B]c1cccc(-c2cn(CCO)nn2)n1. The van der Waals surface area contributed by atoms with E-state index in [1.54, 1.807) is 10.9 Å². The minimum Gasteiger partial charge on any atom is -0.394 e. The highest BCUT2D eigenvalue weighted by molar-refractivity contribution is 6.50. The first kappa shape index (κ1) is 10.8. The number of hydrogen-bond acceptors (Lipinski definition) is 4. The van der Waals surface area contributed by atoms with Crippen LogP contribution in [-0.2, 0) is 6.54 Å². The van der Waals surface area contributed by atoms with Crippen LogP contribution in [-0.4, -0.2) is 39.0 Å². The van der Waals surface area contributed by atoms with Gasteiger partial charge in [0.1, 0.15) is 5.69 Å². The summed E-state index contributed by atoms with van der Waals surface area (Å²) >= 11 is 0. The van der Waals surface area contributed by atoms with Gasteiger partial charge in [0.05, 0.1) is 25.0 Å². The summed E-state index contributed by atoms with van der Waals surface area (Å²) in [6.07, 6.45) is 1.78. The zero-order chi connectivity index (χ0) is 11.4. The molecule has 6 heteroatoms. The number of aliphatic hydroxyl groups excluding tert-OH is 1. The molecule has 0 aliphatic rings. The highest BCUT2D eigenvalue weighted by Crippen LogP contribution is 2.10. The van der Waals surface area contributed by atoms with Crippen LogP contribution < -0.4 is 5.59 Å². The maximum Gasteiger partial charge on any atom is 0.174 e. The predicted molar refractivity (Wildman–Crippen MR) is 61.6 cm³/mol. The van der Waals surface area contributed by atoms with Crippen LogP contribution in [0.4, 0.5) is 0 Å². The molecule has 2 heterocycles. The molecule has 0 amide bonds. The first-order valence-corrected chi connectivity index (χ1v) is 5.11. The van der Waals surface area contributed by atoms with E-state index in [2.05, 4.69) is 15.3 Å². The zero-order valence-corrected chi connectivity index (χ0v) is 9.04. The summed E-state index contributed by atoms with van der Waals surface area (Å²) < 4.78 is 1.60. The summed E-state index contributed by atoms with van der Waals surface area (Å²) in [6, 6.07) is 5.75. The van der Waals surface area contributed by atoms with E-state index in [0.29, 0.717) is 6.54 Å². The van der Waals surface area contributed by atoms with Gasteiger partial charge in [0.25, 0.3) is 0 Å². The third-order valence-electron chi connectivity index (χ3n) is 2.20. The summed E-state index contributed by atoms with van der Waals surface area (Å²) in [7, 11) is 1.93. The lowest BCUT2D eigenvalue weighted by atomic mass is 9.77. The fraction of sp³-hybridized carbons (Fsp3) is 0.300. The Morgan fingerprint density at radius 3 is 3.00 bits per heavy atom. The van der Waals surface area contributed by atoms with Crippen LogP contribution in [0.3, 0.4) is 0 Å². The average Bonchev–Trinajstić information content (AvgIpc) is 2.78. The summed E-state index contributed by atoms with van der Waals surface area (Å²) in [5.74, 6) is 0. The van der Waals surface area contributed by atoms with E-state index in [4.69, 9.17) is 5.11 Å². The van der Waals surface area contributed by atoms with Crippen LogP contribution in [0.2, 0.25) is 6.82 Å². The van der Waals surface area contributed by atoms with E-state index >= 15 is 0 Å². The third-order valence-corrected chi connectivity index (χ3v) is 2.20. The highest BCUT2D eigenvalue weighted by Gasteiger charge is 2.05. The fourth-order valence-corrected chi connectivity index (χ4v) is 1.38. The topological polar surface area (TPSA) is 63.8 Å². The Bertz CT molecular complexity index is 471. The summed E-state index contributed by atoms with van der Waals surface area (Å²) in [5, 5.41) is 16.7. The number of aromatic nitrogens is 4. The molecule has 2 aromatic rings. The van der Waals surface area contributed by atoms with Crippen molar-refractivity contribution in [1.29, 1.82) is 0 Å². The fourth-order valence-electron chi connectivity index (χ4n) is 1.38. The van der Waals surface area contributed by atoms with Gasteiger partial charge in [-0.2, -0.15) is 0 Å². The van der Waals surface area contributed by atoms with Crippen LogP contribution in [0.1, 0.15) is 0 Å². The minimum atomic E-state index is 0.0546. The second kappa shape index (κ2) is 4.89. The second-order valence-corrected chi connectivity index (χ2v) is 3.33. The van der Waals surface area contributed by atoms with E-state index in [0.717, 1.165) is 17.0 Å². The van der Waals surface area contributed by atoms with E-state index in [1.807, 2.05) is 32.3 Å². The van der Waals surface area contributed by atoms with E-state index in [-0.39, 0.29) is 6.61 Å². The lowest BCUT2D eigenvalue weighted by molar-refractivity contribution is 0.268. The Kier molecular flexibility index (Phi) is 3.31. The molecule has 1 radical (unpaired) electrons. The molecule has 0 aliphatic heterocycles. The van der Waals surface area contributed by atoms with Crippen LogP contribution in [0.15, 0.2) is 24.4 Å². The van der Waals surface area contributed by atoms with Gasteiger partial charge in [-0.1, -0.05) is 24.2 Å². The van der Waals surface area contributed by atoms with Crippen LogP contribution in [0.25, 0.3) is 11.4 Å². The molecule has 0 saturated heterocycles. The van der Waals surface area contributed by atoms with Crippen molar-refractivity contribution in [1.82, 2.24) is 20.0 Å². The molecule has 5 nitrogen and oxygen atoms in total. The Morgan fingerprint density at radius 1 is 1.38 bits per heavy atom. The van der Waals surface area contributed by atoms with Crippen molar-refractivity contribution in [3.63, 3.8) is 0 Å². The maximum atomic E-state index is 8.77. The van der Waals surface area contributed by atoms with Gasteiger partial charge in [0.2, 0.25) is 0 Å². The molecule has 1 N–H and O–H groups in total. The lowest BCUT2D eigenvalue weighted by Crippen LogP contribution is -2.15. The highest BCUT2D eigenvalue weighted by atomic mass is 16.3. The van der Waals surface area contributed by atoms with Crippen LogP contribution in [0.5, 0.6) is 0 Å². The second-order valence-electron chi connectivity index (χ2n) is 3.33. The molecular weight excluding hydrogens is 203 g/mol. The van der Waals surface area contributed by atoms with Crippen molar-refractivity contribution in [2.75, 3.05) is 6.61 Å². The number of rotatable bonds is 4. The summed E-state index contributed by atoms with van der Waals surface area (Å²) in [6.45, 7) is 2.44. The number of pyridine rings is 1. The molecular formula is C10H12BN4O. The normalized spacial score (nSPS) is 10.4. The molecule has 0 aliphatic carbocycles. The third kappa shape index (κ3) is 2.28. The molecule has 2 rings (SSSR count). The predicted octanol–water partition coefficient (Wildman–Crippen LogP) is -0.290. The molecule has 0 aromatic carbocycles. The molecule has 0 unspecified atom stereocenters. The Labute approximate surface area is 94.4 Å². The van der Waals surface area contributed by atoms with Gasteiger partial charge in [-0.05, 0) is 11.7 Å². The molecule has 2 aromatic heterocycles. The van der Waals surface area contributed by atoms with Crippen molar-refractivity contribution in [2.45, 2.75) is 13.4 Å². The zero-order valence-electron chi connectivity index (χ0n) is 9.04. The van der Waals surface area contributed by atoms with Gasteiger partial charge in [-0.25, -0.2) is 4.68 Å². The smallest absolute Gasteiger partial charge is 0.174 e. The summed E-state index contributed by atoms with van der Waals surface area (Å²) in [5.41, 5.74) is 2.42. The van der Waals surface area contributed by atoms with Gasteiger partial charge < -0.3 is 5.11 Å². The van der Waals surface area contributed by atoms with E-state index in [9.17, 15) is 0 Å². The van der Waals surface area contributed by atoms with Gasteiger partial charge in [-0.15, -0.1) is 5.10 Å². The van der Waals surface area contributed by atoms with Crippen molar-refractivity contribution in [3.05, 3.63) is 24.4 Å². The molecule has 0 bridgehead atoms. The first-order chi connectivity index (χ1) is 7.83. The van der Waals surface area contributed by atoms with Crippen molar-refractivity contribution in [2.24, 2.45) is 0 Å². The molecule has 16 heavy (non-hydrogen) atoms. The number of nitrogens with zero attached hydrogens (tertiary/aromatic N) is 4. The molecule has 0 fully saturated rings. The molecule has 0 atom stereocenters. The first-order valence-electron chi connectivity index (χ1n) is 5.11. The van der Waals surface area contributed by atoms with E-state index in [1.165, 1.54) is 0 Å². The van der Waals surface area contributed by atoms with Crippen molar-refractivity contribution >= 4 is 12.9 Å². The number of hydrogen-bond donors (Lipinski definition) is 1. The monoisotopic (exact) mass is 215 g/mol. The molecule has 81 valence electrons.